The van der Waals surface area contributed by atoms with E-state index in [0.29, 0.717) is 6.54 Å². The van der Waals surface area contributed by atoms with E-state index in [2.05, 4.69) is 35.4 Å². The maximum absolute atomic E-state index is 5.76. The zero-order valence-electron chi connectivity index (χ0n) is 13.3. The molecule has 4 heteroatoms. The lowest BCUT2D eigenvalue weighted by Crippen LogP contribution is -2.07. The normalized spacial score (nSPS) is 10.7. The minimum Gasteiger partial charge on any atom is -0.497 e. The van der Waals surface area contributed by atoms with Crippen LogP contribution in [0.4, 0.5) is 0 Å². The lowest BCUT2D eigenvalue weighted by Gasteiger charge is -2.08. The molecule has 0 aliphatic carbocycles. The summed E-state index contributed by atoms with van der Waals surface area (Å²) in [5.41, 5.74) is 10.3. The number of methoxy groups -OCH3 is 1. The van der Waals surface area contributed by atoms with Crippen LogP contribution in [0.25, 0.3) is 0 Å². The van der Waals surface area contributed by atoms with Crippen LogP contribution in [0.5, 0.6) is 5.75 Å². The van der Waals surface area contributed by atoms with Gasteiger partial charge in [-0.2, -0.15) is 5.10 Å². The van der Waals surface area contributed by atoms with E-state index in [1.807, 2.05) is 35.0 Å². The smallest absolute Gasteiger partial charge is 0.118 e. The van der Waals surface area contributed by atoms with Gasteiger partial charge in [-0.3, -0.25) is 4.68 Å². The molecule has 118 valence electrons. The van der Waals surface area contributed by atoms with Crippen LogP contribution < -0.4 is 10.5 Å². The summed E-state index contributed by atoms with van der Waals surface area (Å²) >= 11 is 0. The molecule has 0 unspecified atom stereocenters. The first kappa shape index (κ1) is 15.3. The van der Waals surface area contributed by atoms with E-state index in [1.165, 1.54) is 16.8 Å². The molecule has 0 atom stereocenters. The molecule has 0 saturated heterocycles. The van der Waals surface area contributed by atoms with Crippen molar-refractivity contribution in [2.45, 2.75) is 19.5 Å². The van der Waals surface area contributed by atoms with E-state index in [-0.39, 0.29) is 0 Å². The predicted molar refractivity (Wildman–Crippen MR) is 91.5 cm³/mol. The first-order valence-corrected chi connectivity index (χ1v) is 7.71. The largest absolute Gasteiger partial charge is 0.497 e. The second-order valence-corrected chi connectivity index (χ2v) is 5.50. The van der Waals surface area contributed by atoms with Gasteiger partial charge in [0.15, 0.2) is 0 Å². The standard InChI is InChI=1S/C19H21N3O/c1-23-19-9-7-15(8-10-19)11-18-12-17(13-20)21-22(18)14-16-5-3-2-4-6-16/h2-10,12H,11,13-14,20H2,1H3. The molecule has 0 fully saturated rings. The van der Waals surface area contributed by atoms with Crippen molar-refractivity contribution in [3.63, 3.8) is 0 Å². The van der Waals surface area contributed by atoms with Gasteiger partial charge in [-0.25, -0.2) is 0 Å². The average molecular weight is 307 g/mol. The summed E-state index contributed by atoms with van der Waals surface area (Å²) in [4.78, 5) is 0. The number of rotatable bonds is 6. The molecule has 0 radical (unpaired) electrons. The van der Waals surface area contributed by atoms with Gasteiger partial charge in [-0.15, -0.1) is 0 Å². The number of benzene rings is 2. The monoisotopic (exact) mass is 307 g/mol. The Morgan fingerprint density at radius 3 is 2.39 bits per heavy atom. The summed E-state index contributed by atoms with van der Waals surface area (Å²) in [5, 5.41) is 4.62. The Morgan fingerprint density at radius 1 is 1.00 bits per heavy atom. The van der Waals surface area contributed by atoms with E-state index in [9.17, 15) is 0 Å². The Labute approximate surface area is 136 Å². The second-order valence-electron chi connectivity index (χ2n) is 5.50. The van der Waals surface area contributed by atoms with E-state index >= 15 is 0 Å². The number of ether oxygens (including phenoxy) is 1. The van der Waals surface area contributed by atoms with Crippen molar-refractivity contribution in [1.82, 2.24) is 9.78 Å². The van der Waals surface area contributed by atoms with Crippen molar-refractivity contribution in [1.29, 1.82) is 0 Å². The lowest BCUT2D eigenvalue weighted by molar-refractivity contribution is 0.414. The molecule has 1 heterocycles. The first-order chi connectivity index (χ1) is 11.3. The molecular formula is C19H21N3O. The molecule has 23 heavy (non-hydrogen) atoms. The molecule has 0 amide bonds. The molecule has 0 bridgehead atoms. The zero-order valence-corrected chi connectivity index (χ0v) is 13.3. The lowest BCUT2D eigenvalue weighted by atomic mass is 10.1. The maximum Gasteiger partial charge on any atom is 0.118 e. The van der Waals surface area contributed by atoms with Gasteiger partial charge in [0, 0.05) is 18.7 Å². The summed E-state index contributed by atoms with van der Waals surface area (Å²) in [5.74, 6) is 0.870. The average Bonchev–Trinajstić information content (AvgIpc) is 2.98. The van der Waals surface area contributed by atoms with Crippen molar-refractivity contribution in [3.8, 4) is 5.75 Å². The topological polar surface area (TPSA) is 53.1 Å². The van der Waals surface area contributed by atoms with Crippen LogP contribution >= 0.6 is 0 Å². The zero-order chi connectivity index (χ0) is 16.1. The Hall–Kier alpha value is -2.59. The van der Waals surface area contributed by atoms with Crippen LogP contribution in [-0.4, -0.2) is 16.9 Å². The van der Waals surface area contributed by atoms with Crippen molar-refractivity contribution in [2.75, 3.05) is 7.11 Å². The second kappa shape index (κ2) is 7.11. The van der Waals surface area contributed by atoms with E-state index in [0.717, 1.165) is 24.4 Å². The fraction of sp³-hybridized carbons (Fsp3) is 0.211. The molecule has 1 aromatic heterocycles. The minimum absolute atomic E-state index is 0.456. The third kappa shape index (κ3) is 3.79. The van der Waals surface area contributed by atoms with E-state index < -0.39 is 0 Å². The van der Waals surface area contributed by atoms with Crippen molar-refractivity contribution < 1.29 is 4.74 Å². The quantitative estimate of drug-likeness (QED) is 0.761. The summed E-state index contributed by atoms with van der Waals surface area (Å²) in [6.45, 7) is 1.21. The molecule has 3 rings (SSSR count). The Bertz CT molecular complexity index is 748. The van der Waals surface area contributed by atoms with Crippen LogP contribution in [0.2, 0.25) is 0 Å². The SMILES string of the molecule is COc1ccc(Cc2cc(CN)nn2Cc2ccccc2)cc1. The first-order valence-electron chi connectivity index (χ1n) is 7.71. The van der Waals surface area contributed by atoms with Crippen LogP contribution in [0.15, 0.2) is 60.7 Å². The van der Waals surface area contributed by atoms with E-state index in [1.54, 1.807) is 7.11 Å². The van der Waals surface area contributed by atoms with Gasteiger partial charge in [0.05, 0.1) is 19.3 Å². The van der Waals surface area contributed by atoms with Crippen LogP contribution in [0.3, 0.4) is 0 Å². The summed E-state index contributed by atoms with van der Waals surface area (Å²) in [7, 11) is 1.68. The minimum atomic E-state index is 0.456. The number of nitrogens with two attached hydrogens (primary N) is 1. The highest BCUT2D eigenvalue weighted by atomic mass is 16.5. The fourth-order valence-electron chi connectivity index (χ4n) is 2.60. The molecule has 3 aromatic rings. The van der Waals surface area contributed by atoms with Crippen molar-refractivity contribution in [3.05, 3.63) is 83.2 Å². The third-order valence-electron chi connectivity index (χ3n) is 3.84. The highest BCUT2D eigenvalue weighted by Crippen LogP contribution is 2.16. The van der Waals surface area contributed by atoms with Crippen LogP contribution in [0, 0.1) is 0 Å². The molecular weight excluding hydrogens is 286 g/mol. The fourth-order valence-corrected chi connectivity index (χ4v) is 2.60. The van der Waals surface area contributed by atoms with E-state index in [4.69, 9.17) is 10.5 Å². The Morgan fingerprint density at radius 2 is 1.74 bits per heavy atom. The Kier molecular flexibility index (Phi) is 4.74. The maximum atomic E-state index is 5.76. The highest BCUT2D eigenvalue weighted by molar-refractivity contribution is 5.30. The van der Waals surface area contributed by atoms with Gasteiger partial charge in [-0.05, 0) is 29.3 Å². The number of hydrogen-bond acceptors (Lipinski definition) is 3. The number of hydrogen-bond donors (Lipinski definition) is 1. The van der Waals surface area contributed by atoms with Gasteiger partial charge in [0.1, 0.15) is 5.75 Å². The molecule has 4 nitrogen and oxygen atoms in total. The summed E-state index contributed by atoms with van der Waals surface area (Å²) in [6.07, 6.45) is 0.823. The van der Waals surface area contributed by atoms with Crippen LogP contribution in [-0.2, 0) is 19.5 Å². The van der Waals surface area contributed by atoms with Gasteiger partial charge in [0.2, 0.25) is 0 Å². The van der Waals surface area contributed by atoms with Crippen molar-refractivity contribution in [2.24, 2.45) is 5.73 Å². The van der Waals surface area contributed by atoms with Gasteiger partial charge < -0.3 is 10.5 Å². The van der Waals surface area contributed by atoms with Gasteiger partial charge in [-0.1, -0.05) is 42.5 Å². The third-order valence-corrected chi connectivity index (χ3v) is 3.84. The Balaban J connectivity index is 1.83. The van der Waals surface area contributed by atoms with Gasteiger partial charge >= 0.3 is 0 Å². The molecule has 0 aliphatic heterocycles. The van der Waals surface area contributed by atoms with Gasteiger partial charge in [0.25, 0.3) is 0 Å². The summed E-state index contributed by atoms with van der Waals surface area (Å²) < 4.78 is 7.25. The predicted octanol–water partition coefficient (Wildman–Crippen LogP) is 2.99. The number of aromatic nitrogens is 2. The highest BCUT2D eigenvalue weighted by Gasteiger charge is 2.09. The van der Waals surface area contributed by atoms with Crippen molar-refractivity contribution >= 4 is 0 Å². The molecule has 2 aromatic carbocycles. The molecule has 2 N–H and O–H groups in total. The summed E-state index contributed by atoms with van der Waals surface area (Å²) in [6, 6.07) is 20.6. The molecule has 0 spiro atoms. The number of nitrogens with zero attached hydrogens (tertiary/aromatic N) is 2. The van der Waals surface area contributed by atoms with Crippen LogP contribution in [0.1, 0.15) is 22.5 Å². The molecule has 0 aliphatic rings. The molecule has 0 saturated carbocycles.